The highest BCUT2D eigenvalue weighted by Gasteiger charge is 2.12. The molecular weight excluding hydrogens is 355 g/mol. The molecule has 1 heterocycles. The van der Waals surface area contributed by atoms with Gasteiger partial charge in [0.05, 0.1) is 28.1 Å². The van der Waals surface area contributed by atoms with Crippen LogP contribution in [0, 0.1) is 0 Å². The van der Waals surface area contributed by atoms with Crippen LogP contribution < -0.4 is 11.1 Å². The molecule has 0 saturated carbocycles. The number of benzene rings is 1. The SMILES string of the molecule is Nc1c(Cl)cc(C(=O)Nc2cnc(Br)cn2)cc1Cl. The first-order valence-corrected chi connectivity index (χ1v) is 6.55. The van der Waals surface area contributed by atoms with E-state index in [-0.39, 0.29) is 21.3 Å². The molecule has 0 aliphatic carbocycles. The molecule has 3 N–H and O–H groups in total. The largest absolute Gasteiger partial charge is 0.396 e. The Bertz CT molecular complexity index is 610. The molecule has 0 aliphatic rings. The van der Waals surface area contributed by atoms with Gasteiger partial charge in [0.15, 0.2) is 5.82 Å². The smallest absolute Gasteiger partial charge is 0.256 e. The lowest BCUT2D eigenvalue weighted by Crippen LogP contribution is -2.13. The number of carbonyl (C=O) groups excluding carboxylic acids is 1. The third kappa shape index (κ3) is 3.34. The van der Waals surface area contributed by atoms with E-state index in [0.717, 1.165) is 0 Å². The maximum absolute atomic E-state index is 12.0. The highest BCUT2D eigenvalue weighted by atomic mass is 79.9. The molecule has 1 aromatic carbocycles. The number of nitrogens with two attached hydrogens (primary N) is 1. The summed E-state index contributed by atoms with van der Waals surface area (Å²) in [5.74, 6) is -0.0855. The molecule has 1 amide bonds. The summed E-state index contributed by atoms with van der Waals surface area (Å²) in [4.78, 5) is 19.9. The highest BCUT2D eigenvalue weighted by Crippen LogP contribution is 2.29. The molecule has 2 aromatic rings. The van der Waals surface area contributed by atoms with Gasteiger partial charge in [-0.1, -0.05) is 23.2 Å². The zero-order chi connectivity index (χ0) is 14.0. The van der Waals surface area contributed by atoms with Crippen LogP contribution in [0.4, 0.5) is 11.5 Å². The summed E-state index contributed by atoms with van der Waals surface area (Å²) in [6.45, 7) is 0. The minimum Gasteiger partial charge on any atom is -0.396 e. The van der Waals surface area contributed by atoms with Crippen molar-refractivity contribution in [2.45, 2.75) is 0 Å². The molecule has 0 aliphatic heterocycles. The van der Waals surface area contributed by atoms with E-state index in [4.69, 9.17) is 28.9 Å². The fourth-order valence-corrected chi connectivity index (χ4v) is 1.97. The van der Waals surface area contributed by atoms with Crippen LogP contribution in [0.5, 0.6) is 0 Å². The van der Waals surface area contributed by atoms with Crippen LogP contribution in [-0.2, 0) is 0 Å². The fraction of sp³-hybridized carbons (Fsp3) is 0. The molecule has 5 nitrogen and oxygen atoms in total. The Labute approximate surface area is 127 Å². The van der Waals surface area contributed by atoms with Crippen molar-refractivity contribution in [2.24, 2.45) is 0 Å². The van der Waals surface area contributed by atoms with Gasteiger partial charge in [-0.3, -0.25) is 4.79 Å². The molecule has 1 aromatic heterocycles. The molecule has 0 bridgehead atoms. The van der Waals surface area contributed by atoms with Crippen LogP contribution >= 0.6 is 39.1 Å². The van der Waals surface area contributed by atoms with Gasteiger partial charge in [-0.05, 0) is 28.1 Å². The third-order valence-electron chi connectivity index (χ3n) is 2.20. The summed E-state index contributed by atoms with van der Waals surface area (Å²) in [5, 5.41) is 3.01. The standard InChI is InChI=1S/C11H7BrCl2N4O/c12-8-3-17-9(4-16-8)18-11(19)5-1-6(13)10(15)7(14)2-5/h1-4H,15H2,(H,17,18,19). The number of amides is 1. The number of hydrogen-bond acceptors (Lipinski definition) is 4. The number of nitrogens with one attached hydrogen (secondary N) is 1. The Morgan fingerprint density at radius 3 is 2.37 bits per heavy atom. The van der Waals surface area contributed by atoms with E-state index in [1.165, 1.54) is 24.5 Å². The van der Waals surface area contributed by atoms with Crippen molar-refractivity contribution >= 4 is 56.5 Å². The van der Waals surface area contributed by atoms with Crippen LogP contribution in [0.15, 0.2) is 29.1 Å². The van der Waals surface area contributed by atoms with Crippen molar-refractivity contribution in [3.05, 3.63) is 44.7 Å². The maximum Gasteiger partial charge on any atom is 0.256 e. The molecular formula is C11H7BrCl2N4O. The Morgan fingerprint density at radius 1 is 1.21 bits per heavy atom. The van der Waals surface area contributed by atoms with Crippen molar-refractivity contribution in [3.8, 4) is 0 Å². The normalized spacial score (nSPS) is 10.3. The molecule has 2 rings (SSSR count). The summed E-state index contributed by atoms with van der Waals surface area (Å²) in [5.41, 5.74) is 6.12. The lowest BCUT2D eigenvalue weighted by atomic mass is 10.2. The van der Waals surface area contributed by atoms with Gasteiger partial charge in [0, 0.05) is 5.56 Å². The van der Waals surface area contributed by atoms with Crippen molar-refractivity contribution in [1.29, 1.82) is 0 Å². The average Bonchev–Trinajstić information content (AvgIpc) is 2.38. The number of aromatic nitrogens is 2. The van der Waals surface area contributed by atoms with E-state index in [0.29, 0.717) is 10.4 Å². The summed E-state index contributed by atoms with van der Waals surface area (Å²) in [6, 6.07) is 2.87. The number of carbonyl (C=O) groups is 1. The molecule has 19 heavy (non-hydrogen) atoms. The third-order valence-corrected chi connectivity index (χ3v) is 3.24. The lowest BCUT2D eigenvalue weighted by molar-refractivity contribution is 0.102. The quantitative estimate of drug-likeness (QED) is 0.803. The van der Waals surface area contributed by atoms with Gasteiger partial charge in [0.25, 0.3) is 5.91 Å². The van der Waals surface area contributed by atoms with E-state index >= 15 is 0 Å². The van der Waals surface area contributed by atoms with Crippen molar-refractivity contribution < 1.29 is 4.79 Å². The number of hydrogen-bond donors (Lipinski definition) is 2. The van der Waals surface area contributed by atoms with E-state index < -0.39 is 5.91 Å². The Balaban J connectivity index is 2.23. The van der Waals surface area contributed by atoms with E-state index in [1.54, 1.807) is 0 Å². The minimum absolute atomic E-state index is 0.222. The Kier molecular flexibility index (Phi) is 4.24. The van der Waals surface area contributed by atoms with E-state index in [9.17, 15) is 4.79 Å². The van der Waals surface area contributed by atoms with Crippen LogP contribution in [0.3, 0.4) is 0 Å². The molecule has 98 valence electrons. The second-order valence-electron chi connectivity index (χ2n) is 3.53. The Morgan fingerprint density at radius 2 is 1.84 bits per heavy atom. The van der Waals surface area contributed by atoms with Crippen LogP contribution in [0.25, 0.3) is 0 Å². The molecule has 8 heteroatoms. The predicted octanol–water partition coefficient (Wildman–Crippen LogP) is 3.38. The molecule has 0 saturated heterocycles. The lowest BCUT2D eigenvalue weighted by Gasteiger charge is -2.07. The second-order valence-corrected chi connectivity index (χ2v) is 5.16. The molecule has 0 atom stereocenters. The first-order chi connectivity index (χ1) is 8.97. The minimum atomic E-state index is -0.402. The Hall–Kier alpha value is -1.37. The van der Waals surface area contributed by atoms with Gasteiger partial charge < -0.3 is 11.1 Å². The number of rotatable bonds is 2. The maximum atomic E-state index is 12.0. The molecule has 0 radical (unpaired) electrons. The zero-order valence-corrected chi connectivity index (χ0v) is 12.4. The summed E-state index contributed by atoms with van der Waals surface area (Å²) in [6.07, 6.45) is 2.89. The highest BCUT2D eigenvalue weighted by molar-refractivity contribution is 9.10. The van der Waals surface area contributed by atoms with Gasteiger partial charge in [0.2, 0.25) is 0 Å². The molecule has 0 spiro atoms. The van der Waals surface area contributed by atoms with E-state index in [2.05, 4.69) is 31.2 Å². The van der Waals surface area contributed by atoms with Gasteiger partial charge in [-0.2, -0.15) is 0 Å². The van der Waals surface area contributed by atoms with Crippen molar-refractivity contribution in [1.82, 2.24) is 9.97 Å². The molecule has 0 fully saturated rings. The second kappa shape index (κ2) is 5.73. The number of anilines is 2. The van der Waals surface area contributed by atoms with Crippen molar-refractivity contribution in [2.75, 3.05) is 11.1 Å². The first-order valence-electron chi connectivity index (χ1n) is 5.01. The van der Waals surface area contributed by atoms with Crippen molar-refractivity contribution in [3.63, 3.8) is 0 Å². The van der Waals surface area contributed by atoms with Gasteiger partial charge in [0.1, 0.15) is 4.60 Å². The predicted molar refractivity (Wildman–Crippen MR) is 78.6 cm³/mol. The number of nitrogen functional groups attached to an aromatic ring is 1. The summed E-state index contributed by atoms with van der Waals surface area (Å²) >= 11 is 14.9. The van der Waals surface area contributed by atoms with Crippen LogP contribution in [0.1, 0.15) is 10.4 Å². The topological polar surface area (TPSA) is 80.9 Å². The first kappa shape index (κ1) is 14.0. The zero-order valence-electron chi connectivity index (χ0n) is 9.32. The number of halogens is 3. The van der Waals surface area contributed by atoms with Gasteiger partial charge in [-0.25, -0.2) is 9.97 Å². The summed E-state index contributed by atoms with van der Waals surface area (Å²) < 4.78 is 0.573. The fourth-order valence-electron chi connectivity index (χ4n) is 1.28. The van der Waals surface area contributed by atoms with Crippen LogP contribution in [0.2, 0.25) is 10.0 Å². The van der Waals surface area contributed by atoms with Crippen LogP contribution in [-0.4, -0.2) is 15.9 Å². The van der Waals surface area contributed by atoms with E-state index in [1.807, 2.05) is 0 Å². The van der Waals surface area contributed by atoms with Gasteiger partial charge in [-0.15, -0.1) is 0 Å². The van der Waals surface area contributed by atoms with Gasteiger partial charge >= 0.3 is 0 Å². The number of nitrogens with zero attached hydrogens (tertiary/aromatic N) is 2. The average molecular weight is 362 g/mol. The summed E-state index contributed by atoms with van der Waals surface area (Å²) in [7, 11) is 0. The monoisotopic (exact) mass is 360 g/mol. The molecule has 0 unspecified atom stereocenters.